The third-order valence-corrected chi connectivity index (χ3v) is 3.00. The quantitative estimate of drug-likeness (QED) is 0.901. The van der Waals surface area contributed by atoms with Gasteiger partial charge >= 0.3 is 5.97 Å². The van der Waals surface area contributed by atoms with Crippen molar-refractivity contribution in [1.82, 2.24) is 9.78 Å². The first-order chi connectivity index (χ1) is 8.49. The molecular weight excluding hydrogens is 228 g/mol. The average Bonchev–Trinajstić information content (AvgIpc) is 2.55. The largest absolute Gasteiger partial charge is 0.481 e. The van der Waals surface area contributed by atoms with Crippen LogP contribution in [-0.2, 0) is 18.3 Å². The Morgan fingerprint density at radius 2 is 1.89 bits per heavy atom. The highest BCUT2D eigenvalue weighted by atomic mass is 16.4. The summed E-state index contributed by atoms with van der Waals surface area (Å²) in [7, 11) is 1.78. The number of carboxylic acid groups (broad SMARTS) is 1. The van der Waals surface area contributed by atoms with E-state index < -0.39 is 5.97 Å². The third-order valence-electron chi connectivity index (χ3n) is 3.00. The number of aromatic nitrogens is 2. The van der Waals surface area contributed by atoms with Crippen LogP contribution in [0.15, 0.2) is 24.3 Å². The Morgan fingerprint density at radius 3 is 2.44 bits per heavy atom. The van der Waals surface area contributed by atoms with Gasteiger partial charge in [-0.2, -0.15) is 5.10 Å². The van der Waals surface area contributed by atoms with Crippen LogP contribution in [-0.4, -0.2) is 20.9 Å². The summed E-state index contributed by atoms with van der Waals surface area (Å²) in [5.74, 6) is -0.841. The van der Waals surface area contributed by atoms with Gasteiger partial charge < -0.3 is 5.11 Å². The molecule has 0 saturated carbocycles. The lowest BCUT2D eigenvalue weighted by molar-refractivity contribution is -0.136. The van der Waals surface area contributed by atoms with Gasteiger partial charge in [-0.05, 0) is 19.4 Å². The number of carboxylic acids is 1. The van der Waals surface area contributed by atoms with Crippen molar-refractivity contribution in [2.75, 3.05) is 0 Å². The van der Waals surface area contributed by atoms with Crippen molar-refractivity contribution < 1.29 is 9.90 Å². The third kappa shape index (κ3) is 2.27. The highest BCUT2D eigenvalue weighted by Crippen LogP contribution is 2.27. The van der Waals surface area contributed by atoms with Crippen LogP contribution in [0.3, 0.4) is 0 Å². The summed E-state index contributed by atoms with van der Waals surface area (Å²) in [5.41, 5.74) is 4.73. The summed E-state index contributed by atoms with van der Waals surface area (Å²) in [5, 5.41) is 13.3. The second kappa shape index (κ2) is 4.64. The van der Waals surface area contributed by atoms with Crippen molar-refractivity contribution in [3.05, 3.63) is 41.2 Å². The molecule has 0 aliphatic carbocycles. The van der Waals surface area contributed by atoms with Crippen molar-refractivity contribution >= 4 is 5.97 Å². The van der Waals surface area contributed by atoms with Gasteiger partial charge in [-0.15, -0.1) is 0 Å². The molecular formula is C14H16N2O2. The van der Waals surface area contributed by atoms with Gasteiger partial charge in [-0.3, -0.25) is 9.48 Å². The molecule has 1 aromatic carbocycles. The molecule has 4 heteroatoms. The Kier molecular flexibility index (Phi) is 3.19. The molecule has 0 atom stereocenters. The predicted molar refractivity (Wildman–Crippen MR) is 69.5 cm³/mol. The number of rotatable bonds is 3. The number of hydrogen-bond donors (Lipinski definition) is 1. The second-order valence-electron chi connectivity index (χ2n) is 4.47. The Hall–Kier alpha value is -2.10. The van der Waals surface area contributed by atoms with E-state index in [4.69, 9.17) is 5.11 Å². The Balaban J connectivity index is 2.55. The smallest absolute Gasteiger partial charge is 0.309 e. The Labute approximate surface area is 106 Å². The zero-order valence-electron chi connectivity index (χ0n) is 10.8. The van der Waals surface area contributed by atoms with Crippen LogP contribution in [0.4, 0.5) is 0 Å². The van der Waals surface area contributed by atoms with Gasteiger partial charge in [0.1, 0.15) is 0 Å². The van der Waals surface area contributed by atoms with Gasteiger partial charge in [0.25, 0.3) is 0 Å². The molecule has 0 saturated heterocycles. The fourth-order valence-electron chi connectivity index (χ4n) is 2.15. The number of carbonyl (C=O) groups is 1. The maximum absolute atomic E-state index is 10.9. The minimum atomic E-state index is -0.841. The van der Waals surface area contributed by atoms with Crippen LogP contribution in [0.1, 0.15) is 17.0 Å². The number of benzene rings is 1. The van der Waals surface area contributed by atoms with Crippen LogP contribution < -0.4 is 0 Å². The van der Waals surface area contributed by atoms with Gasteiger partial charge in [0.05, 0.1) is 17.8 Å². The summed E-state index contributed by atoms with van der Waals surface area (Å²) in [6.07, 6.45) is -0.0133. The molecule has 94 valence electrons. The predicted octanol–water partition coefficient (Wildman–Crippen LogP) is 2.33. The Bertz CT molecular complexity index is 583. The molecule has 2 aromatic rings. The standard InChI is InChI=1S/C14H16N2O2/c1-9-4-6-11(7-5-9)14-10(2)15-16(3)12(14)8-13(17)18/h4-7H,8H2,1-3H3,(H,17,18). The molecule has 4 nitrogen and oxygen atoms in total. The average molecular weight is 244 g/mol. The molecule has 0 amide bonds. The lowest BCUT2D eigenvalue weighted by Crippen LogP contribution is -2.07. The van der Waals surface area contributed by atoms with Gasteiger partial charge in [-0.25, -0.2) is 0 Å². The summed E-state index contributed by atoms with van der Waals surface area (Å²) >= 11 is 0. The van der Waals surface area contributed by atoms with Crippen molar-refractivity contribution in [3.63, 3.8) is 0 Å². The summed E-state index contributed by atoms with van der Waals surface area (Å²) in [4.78, 5) is 10.9. The molecule has 0 radical (unpaired) electrons. The van der Waals surface area contributed by atoms with Gasteiger partial charge in [0.15, 0.2) is 0 Å². The maximum atomic E-state index is 10.9. The lowest BCUT2D eigenvalue weighted by atomic mass is 10.0. The van der Waals surface area contributed by atoms with Gasteiger partial charge in [0, 0.05) is 12.6 Å². The van der Waals surface area contributed by atoms with Crippen LogP contribution in [0.2, 0.25) is 0 Å². The van der Waals surface area contributed by atoms with E-state index in [9.17, 15) is 4.79 Å². The van der Waals surface area contributed by atoms with E-state index in [2.05, 4.69) is 5.10 Å². The molecule has 18 heavy (non-hydrogen) atoms. The lowest BCUT2D eigenvalue weighted by Gasteiger charge is -2.05. The number of aliphatic carboxylic acids is 1. The first-order valence-corrected chi connectivity index (χ1v) is 5.80. The van der Waals surface area contributed by atoms with Crippen molar-refractivity contribution in [3.8, 4) is 11.1 Å². The molecule has 0 fully saturated rings. The number of nitrogens with zero attached hydrogens (tertiary/aromatic N) is 2. The van der Waals surface area contributed by atoms with Crippen LogP contribution in [0.5, 0.6) is 0 Å². The fraction of sp³-hybridized carbons (Fsp3) is 0.286. The van der Waals surface area contributed by atoms with E-state index in [1.165, 1.54) is 5.56 Å². The fourth-order valence-corrected chi connectivity index (χ4v) is 2.15. The maximum Gasteiger partial charge on any atom is 0.309 e. The van der Waals surface area contributed by atoms with Crippen LogP contribution in [0.25, 0.3) is 11.1 Å². The molecule has 1 heterocycles. The van der Waals surface area contributed by atoms with Crippen molar-refractivity contribution in [2.45, 2.75) is 20.3 Å². The summed E-state index contributed by atoms with van der Waals surface area (Å²) < 4.78 is 1.65. The number of hydrogen-bond acceptors (Lipinski definition) is 2. The minimum absolute atomic E-state index is 0.0133. The van der Waals surface area contributed by atoms with Gasteiger partial charge in [-0.1, -0.05) is 29.8 Å². The zero-order chi connectivity index (χ0) is 13.3. The van der Waals surface area contributed by atoms with Gasteiger partial charge in [0.2, 0.25) is 0 Å². The highest BCUT2D eigenvalue weighted by Gasteiger charge is 2.17. The highest BCUT2D eigenvalue weighted by molar-refractivity contribution is 5.76. The van der Waals surface area contributed by atoms with E-state index in [0.29, 0.717) is 0 Å². The zero-order valence-corrected chi connectivity index (χ0v) is 10.8. The summed E-state index contributed by atoms with van der Waals surface area (Å²) in [6.45, 7) is 3.93. The van der Waals surface area contributed by atoms with Crippen molar-refractivity contribution in [2.24, 2.45) is 7.05 Å². The normalized spacial score (nSPS) is 10.6. The first-order valence-electron chi connectivity index (χ1n) is 5.80. The second-order valence-corrected chi connectivity index (χ2v) is 4.47. The monoisotopic (exact) mass is 244 g/mol. The first kappa shape index (κ1) is 12.4. The van der Waals surface area contributed by atoms with Crippen molar-refractivity contribution in [1.29, 1.82) is 0 Å². The molecule has 0 aliphatic rings. The molecule has 0 unspecified atom stereocenters. The summed E-state index contributed by atoms with van der Waals surface area (Å²) in [6, 6.07) is 8.05. The molecule has 0 spiro atoms. The minimum Gasteiger partial charge on any atom is -0.481 e. The van der Waals surface area contributed by atoms with E-state index in [-0.39, 0.29) is 6.42 Å². The Morgan fingerprint density at radius 1 is 1.28 bits per heavy atom. The molecule has 0 aliphatic heterocycles. The van der Waals surface area contributed by atoms with E-state index >= 15 is 0 Å². The van der Waals surface area contributed by atoms with E-state index in [0.717, 1.165) is 22.5 Å². The SMILES string of the molecule is Cc1ccc(-c2c(C)nn(C)c2CC(=O)O)cc1. The molecule has 1 N–H and O–H groups in total. The topological polar surface area (TPSA) is 55.1 Å². The molecule has 1 aromatic heterocycles. The number of aryl methyl sites for hydroxylation is 3. The van der Waals surface area contributed by atoms with E-state index in [1.807, 2.05) is 38.1 Å². The van der Waals surface area contributed by atoms with Crippen LogP contribution >= 0.6 is 0 Å². The van der Waals surface area contributed by atoms with E-state index in [1.54, 1.807) is 11.7 Å². The molecule has 2 rings (SSSR count). The van der Waals surface area contributed by atoms with Crippen LogP contribution in [0, 0.1) is 13.8 Å². The molecule has 0 bridgehead atoms.